The monoisotopic (exact) mass is 452 g/mol. The molecule has 33 heavy (non-hydrogen) atoms. The lowest BCUT2D eigenvalue weighted by Gasteiger charge is -2.57. The van der Waals surface area contributed by atoms with Crippen molar-refractivity contribution in [2.24, 2.45) is 23.2 Å². The maximum absolute atomic E-state index is 12.8. The molecular weight excluding hydrogens is 420 g/mol. The number of hydrogen-bond acceptors (Lipinski definition) is 6. The van der Waals surface area contributed by atoms with Crippen molar-refractivity contribution in [2.45, 2.75) is 64.2 Å². The van der Waals surface area contributed by atoms with Gasteiger partial charge in [0.25, 0.3) is 0 Å². The van der Waals surface area contributed by atoms with Gasteiger partial charge in [0, 0.05) is 12.0 Å². The lowest BCUT2D eigenvalue weighted by molar-refractivity contribution is -0.117. The van der Waals surface area contributed by atoms with Crippen LogP contribution >= 0.6 is 0 Å². The predicted molar refractivity (Wildman–Crippen MR) is 121 cm³/mol. The van der Waals surface area contributed by atoms with Crippen LogP contribution in [0.2, 0.25) is 0 Å². The highest BCUT2D eigenvalue weighted by Gasteiger charge is 2.59. The first-order valence-electron chi connectivity index (χ1n) is 12.0. The zero-order valence-corrected chi connectivity index (χ0v) is 19.8. The molecule has 0 radical (unpaired) electrons. The summed E-state index contributed by atoms with van der Waals surface area (Å²) in [5, 5.41) is 11.1. The van der Waals surface area contributed by atoms with Crippen LogP contribution in [-0.4, -0.2) is 37.0 Å². The molecule has 0 saturated heterocycles. The van der Waals surface area contributed by atoms with Crippen molar-refractivity contribution >= 4 is 17.7 Å². The Balaban J connectivity index is 1.62. The molecule has 1 N–H and O–H groups in total. The van der Waals surface area contributed by atoms with Gasteiger partial charge in [-0.1, -0.05) is 19.4 Å². The van der Waals surface area contributed by atoms with Crippen molar-refractivity contribution in [1.29, 1.82) is 0 Å². The fraction of sp³-hybridized carbons (Fsp3) is 0.593. The van der Waals surface area contributed by atoms with Gasteiger partial charge in [-0.2, -0.15) is 0 Å². The lowest BCUT2D eigenvalue weighted by Crippen LogP contribution is -2.51. The fourth-order valence-electron chi connectivity index (χ4n) is 7.96. The average Bonchev–Trinajstić information content (AvgIpc) is 3.12. The zero-order chi connectivity index (χ0) is 23.7. The first-order valence-corrected chi connectivity index (χ1v) is 12.0. The first kappa shape index (κ1) is 22.2. The third-order valence-corrected chi connectivity index (χ3v) is 9.55. The van der Waals surface area contributed by atoms with E-state index in [-0.39, 0.29) is 39.4 Å². The van der Waals surface area contributed by atoms with Crippen molar-refractivity contribution < 1.29 is 29.0 Å². The Hall–Kier alpha value is -2.63. The SMILES string of the molecule is COC(=O)c1cc(O)c2c(c1C(=O)OC)C[C@H]1[C@H]3CCC4=CC(=O)CC[C@@]4(C)[C@H]3CC[C@@]21C. The van der Waals surface area contributed by atoms with E-state index in [1.54, 1.807) is 0 Å². The van der Waals surface area contributed by atoms with E-state index < -0.39 is 11.9 Å². The van der Waals surface area contributed by atoms with E-state index in [2.05, 4.69) is 13.8 Å². The van der Waals surface area contributed by atoms with Crippen LogP contribution in [0.15, 0.2) is 17.7 Å². The molecule has 0 aliphatic heterocycles. The third-order valence-electron chi connectivity index (χ3n) is 9.55. The van der Waals surface area contributed by atoms with E-state index in [0.717, 1.165) is 43.2 Å². The summed E-state index contributed by atoms with van der Waals surface area (Å²) in [7, 11) is 2.57. The molecule has 1 aromatic carbocycles. The van der Waals surface area contributed by atoms with Crippen molar-refractivity contribution in [1.82, 2.24) is 0 Å². The van der Waals surface area contributed by atoms with Crippen LogP contribution in [0.25, 0.3) is 0 Å². The molecule has 2 fully saturated rings. The summed E-state index contributed by atoms with van der Waals surface area (Å²) in [6.45, 7) is 4.54. The molecule has 6 nitrogen and oxygen atoms in total. The van der Waals surface area contributed by atoms with Gasteiger partial charge in [0.05, 0.1) is 25.3 Å². The minimum absolute atomic E-state index is 0.0390. The number of carbonyl (C=O) groups excluding carboxylic acids is 3. The molecule has 0 aromatic heterocycles. The number of hydrogen-bond donors (Lipinski definition) is 1. The van der Waals surface area contributed by atoms with E-state index in [4.69, 9.17) is 9.47 Å². The number of aromatic hydroxyl groups is 1. The third kappa shape index (κ3) is 2.95. The second-order valence-electron chi connectivity index (χ2n) is 10.8. The second-order valence-corrected chi connectivity index (χ2v) is 10.8. The summed E-state index contributed by atoms with van der Waals surface area (Å²) in [5.74, 6) is 0.240. The number of phenolic OH excluding ortho intramolecular Hbond substituents is 1. The number of benzene rings is 1. The van der Waals surface area contributed by atoms with Gasteiger partial charge in [-0.05, 0) is 84.8 Å². The summed E-state index contributed by atoms with van der Waals surface area (Å²) in [5.41, 5.74) is 2.90. The lowest BCUT2D eigenvalue weighted by atomic mass is 9.47. The Morgan fingerprint density at radius 3 is 2.42 bits per heavy atom. The minimum atomic E-state index is -0.654. The van der Waals surface area contributed by atoms with Crippen molar-refractivity contribution in [3.05, 3.63) is 40.0 Å². The van der Waals surface area contributed by atoms with E-state index in [1.165, 1.54) is 25.9 Å². The smallest absolute Gasteiger partial charge is 0.339 e. The Morgan fingerprint density at radius 2 is 1.73 bits per heavy atom. The number of allylic oxidation sites excluding steroid dienone is 2. The Kier molecular flexibility index (Phi) is 5.00. The van der Waals surface area contributed by atoms with Crippen LogP contribution in [0.3, 0.4) is 0 Å². The van der Waals surface area contributed by atoms with E-state index in [9.17, 15) is 19.5 Å². The molecule has 5 atom stereocenters. The highest BCUT2D eigenvalue weighted by Crippen LogP contribution is 2.65. The molecule has 5 rings (SSSR count). The van der Waals surface area contributed by atoms with Gasteiger partial charge in [-0.3, -0.25) is 4.79 Å². The minimum Gasteiger partial charge on any atom is -0.508 e. The summed E-state index contributed by atoms with van der Waals surface area (Å²) >= 11 is 0. The Labute approximate surface area is 194 Å². The van der Waals surface area contributed by atoms with Gasteiger partial charge in [0.15, 0.2) is 5.78 Å². The molecule has 0 amide bonds. The zero-order valence-electron chi connectivity index (χ0n) is 19.8. The largest absolute Gasteiger partial charge is 0.508 e. The summed E-state index contributed by atoms with van der Waals surface area (Å²) in [6.07, 6.45) is 7.90. The Morgan fingerprint density at radius 1 is 1.00 bits per heavy atom. The van der Waals surface area contributed by atoms with Crippen LogP contribution in [-0.2, 0) is 26.1 Å². The highest BCUT2D eigenvalue weighted by atomic mass is 16.5. The fourth-order valence-corrected chi connectivity index (χ4v) is 7.96. The molecule has 6 heteroatoms. The number of fused-ring (bicyclic) bond motifs is 7. The van der Waals surface area contributed by atoms with Crippen molar-refractivity contribution in [3.8, 4) is 5.75 Å². The normalized spacial score (nSPS) is 34.4. The summed E-state index contributed by atoms with van der Waals surface area (Å²) < 4.78 is 9.96. The van der Waals surface area contributed by atoms with Crippen LogP contribution in [0, 0.1) is 23.2 Å². The summed E-state index contributed by atoms with van der Waals surface area (Å²) in [4.78, 5) is 37.4. The molecule has 0 spiro atoms. The standard InChI is InChI=1S/C27H32O6/c1-26-9-7-15(28)11-14(26)5-6-16-19(26)8-10-27(2)20(16)12-17-22(25(31)33-4)18(24(30)32-3)13-21(29)23(17)27/h11,13,16,19-20,29H,5-10,12H2,1-4H3/t16-,19-,20-,26+,27+/m0/s1. The predicted octanol–water partition coefficient (Wildman–Crippen LogP) is 4.51. The van der Waals surface area contributed by atoms with Crippen molar-refractivity contribution in [2.75, 3.05) is 14.2 Å². The number of rotatable bonds is 2. The molecule has 1 aromatic rings. The Bertz CT molecular complexity index is 1100. The molecule has 4 aliphatic rings. The molecule has 0 unspecified atom stereocenters. The van der Waals surface area contributed by atoms with Crippen LogP contribution < -0.4 is 0 Å². The quantitative estimate of drug-likeness (QED) is 0.664. The number of carbonyl (C=O) groups is 3. The van der Waals surface area contributed by atoms with Crippen molar-refractivity contribution in [3.63, 3.8) is 0 Å². The van der Waals surface area contributed by atoms with Gasteiger partial charge in [-0.25, -0.2) is 9.59 Å². The van der Waals surface area contributed by atoms with Crippen LogP contribution in [0.4, 0.5) is 0 Å². The van der Waals surface area contributed by atoms with E-state index >= 15 is 0 Å². The maximum Gasteiger partial charge on any atom is 0.339 e. The van der Waals surface area contributed by atoms with E-state index in [1.807, 2.05) is 6.08 Å². The first-order chi connectivity index (χ1) is 15.7. The molecular formula is C27H32O6. The highest BCUT2D eigenvalue weighted by molar-refractivity contribution is 6.05. The summed E-state index contributed by atoms with van der Waals surface area (Å²) in [6, 6.07) is 1.38. The van der Waals surface area contributed by atoms with Crippen LogP contribution in [0.1, 0.15) is 84.2 Å². The van der Waals surface area contributed by atoms with E-state index in [0.29, 0.717) is 24.7 Å². The number of ether oxygens (including phenoxy) is 2. The van der Waals surface area contributed by atoms with Gasteiger partial charge >= 0.3 is 11.9 Å². The number of esters is 2. The molecule has 176 valence electrons. The molecule has 0 bridgehead atoms. The number of ketones is 1. The molecule has 2 saturated carbocycles. The number of phenols is 1. The molecule has 0 heterocycles. The van der Waals surface area contributed by atoms with Gasteiger partial charge in [0.2, 0.25) is 0 Å². The average molecular weight is 453 g/mol. The maximum atomic E-state index is 12.8. The van der Waals surface area contributed by atoms with Gasteiger partial charge < -0.3 is 14.6 Å². The van der Waals surface area contributed by atoms with Gasteiger partial charge in [0.1, 0.15) is 5.75 Å². The second kappa shape index (κ2) is 7.44. The van der Waals surface area contributed by atoms with Crippen LogP contribution in [0.5, 0.6) is 5.75 Å². The van der Waals surface area contributed by atoms with Gasteiger partial charge in [-0.15, -0.1) is 0 Å². The molecule has 4 aliphatic carbocycles. The number of methoxy groups -OCH3 is 2. The topological polar surface area (TPSA) is 89.9 Å².